The number of nitrogens with two attached hydrogens (primary N) is 1. The number of nitrogen functional groups attached to an aromatic ring is 1. The third-order valence-electron chi connectivity index (χ3n) is 3.10. The Balaban J connectivity index is 1.87. The summed E-state index contributed by atoms with van der Waals surface area (Å²) in [5.41, 5.74) is 8.53. The molecule has 19 heavy (non-hydrogen) atoms. The molecular formula is C14H15N5. The highest BCUT2D eigenvalue weighted by molar-refractivity contribution is 5.83. The van der Waals surface area contributed by atoms with Crippen LogP contribution in [-0.2, 0) is 0 Å². The van der Waals surface area contributed by atoms with Crippen molar-refractivity contribution in [3.63, 3.8) is 0 Å². The zero-order valence-corrected chi connectivity index (χ0v) is 10.6. The second-order valence-corrected chi connectivity index (χ2v) is 4.55. The highest BCUT2D eigenvalue weighted by atomic mass is 15.1. The number of hydrogen-bond acceptors (Lipinski definition) is 4. The first kappa shape index (κ1) is 11.5. The molecule has 3 rings (SSSR count). The average molecular weight is 253 g/mol. The molecule has 0 bridgehead atoms. The van der Waals surface area contributed by atoms with Crippen molar-refractivity contribution in [2.45, 2.75) is 13.0 Å². The lowest BCUT2D eigenvalue weighted by atomic mass is 10.2. The van der Waals surface area contributed by atoms with Gasteiger partial charge >= 0.3 is 0 Å². The van der Waals surface area contributed by atoms with Crippen molar-refractivity contribution in [2.24, 2.45) is 0 Å². The van der Waals surface area contributed by atoms with Gasteiger partial charge in [-0.25, -0.2) is 4.98 Å². The molecule has 3 aromatic rings. The smallest absolute Gasteiger partial charge is 0.127 e. The van der Waals surface area contributed by atoms with Crippen LogP contribution in [0.1, 0.15) is 18.5 Å². The van der Waals surface area contributed by atoms with Crippen LogP contribution in [-0.4, -0.2) is 15.2 Å². The first-order valence-electron chi connectivity index (χ1n) is 6.14. The predicted molar refractivity (Wildman–Crippen MR) is 76.8 cm³/mol. The molecule has 1 unspecified atom stereocenters. The topological polar surface area (TPSA) is 79.6 Å². The van der Waals surface area contributed by atoms with Crippen molar-refractivity contribution < 1.29 is 0 Å². The van der Waals surface area contributed by atoms with E-state index in [9.17, 15) is 0 Å². The Bertz CT molecular complexity index is 690. The monoisotopic (exact) mass is 253 g/mol. The van der Waals surface area contributed by atoms with E-state index < -0.39 is 0 Å². The summed E-state index contributed by atoms with van der Waals surface area (Å²) >= 11 is 0. The molecular weight excluding hydrogens is 238 g/mol. The van der Waals surface area contributed by atoms with Gasteiger partial charge in [-0.2, -0.15) is 5.10 Å². The quantitative estimate of drug-likeness (QED) is 0.627. The fourth-order valence-corrected chi connectivity index (χ4v) is 2.03. The van der Waals surface area contributed by atoms with E-state index in [0.29, 0.717) is 0 Å². The summed E-state index contributed by atoms with van der Waals surface area (Å²) in [6.45, 7) is 2.07. The van der Waals surface area contributed by atoms with E-state index in [4.69, 9.17) is 5.73 Å². The molecule has 0 aliphatic rings. The Morgan fingerprint density at radius 3 is 2.95 bits per heavy atom. The molecule has 2 heterocycles. The van der Waals surface area contributed by atoms with Crippen LogP contribution in [0.5, 0.6) is 0 Å². The molecule has 0 saturated carbocycles. The molecule has 5 nitrogen and oxygen atoms in total. The molecule has 4 N–H and O–H groups in total. The molecule has 0 aliphatic carbocycles. The maximum atomic E-state index is 5.75. The Morgan fingerprint density at radius 2 is 2.16 bits per heavy atom. The molecule has 0 amide bonds. The summed E-state index contributed by atoms with van der Waals surface area (Å²) in [5.74, 6) is 0.839. The number of aromatic amines is 1. The van der Waals surface area contributed by atoms with E-state index in [1.54, 1.807) is 6.20 Å². The normalized spacial score (nSPS) is 12.5. The number of benzene rings is 1. The van der Waals surface area contributed by atoms with Gasteiger partial charge in [0, 0.05) is 22.8 Å². The SMILES string of the molecule is CC(Nc1ccc2cc(N)ccc2n1)c1cn[nH]c1. The second kappa shape index (κ2) is 4.61. The molecule has 0 aliphatic heterocycles. The van der Waals surface area contributed by atoms with Crippen molar-refractivity contribution in [1.82, 2.24) is 15.2 Å². The maximum absolute atomic E-state index is 5.75. The first-order chi connectivity index (χ1) is 9.22. The number of H-pyrrole nitrogens is 1. The van der Waals surface area contributed by atoms with Gasteiger partial charge in [0.1, 0.15) is 5.82 Å². The summed E-state index contributed by atoms with van der Waals surface area (Å²) in [4.78, 5) is 4.57. The van der Waals surface area contributed by atoms with E-state index >= 15 is 0 Å². The summed E-state index contributed by atoms with van der Waals surface area (Å²) in [5, 5.41) is 11.1. The van der Waals surface area contributed by atoms with Crippen molar-refractivity contribution in [3.05, 3.63) is 48.3 Å². The lowest BCUT2D eigenvalue weighted by Crippen LogP contribution is -2.07. The minimum atomic E-state index is 0.150. The Labute approximate surface area is 110 Å². The van der Waals surface area contributed by atoms with Gasteiger partial charge in [0.05, 0.1) is 17.8 Å². The fourth-order valence-electron chi connectivity index (χ4n) is 2.03. The average Bonchev–Trinajstić information content (AvgIpc) is 2.93. The fraction of sp³-hybridized carbons (Fsp3) is 0.143. The molecule has 96 valence electrons. The van der Waals surface area contributed by atoms with E-state index in [2.05, 4.69) is 27.4 Å². The van der Waals surface area contributed by atoms with E-state index in [0.717, 1.165) is 28.0 Å². The minimum Gasteiger partial charge on any atom is -0.399 e. The van der Waals surface area contributed by atoms with E-state index in [-0.39, 0.29) is 6.04 Å². The standard InChI is InChI=1S/C14H15N5/c1-9(11-7-16-17-8-11)18-14-5-2-10-6-12(15)3-4-13(10)19-14/h2-9H,15H2,1H3,(H,16,17)(H,18,19). The number of fused-ring (bicyclic) bond motifs is 1. The van der Waals surface area contributed by atoms with Gasteiger partial charge in [0.2, 0.25) is 0 Å². The lowest BCUT2D eigenvalue weighted by molar-refractivity contribution is 0.878. The van der Waals surface area contributed by atoms with Gasteiger partial charge in [0.15, 0.2) is 0 Å². The van der Waals surface area contributed by atoms with Crippen LogP contribution in [0, 0.1) is 0 Å². The molecule has 0 spiro atoms. The molecule has 0 saturated heterocycles. The van der Waals surface area contributed by atoms with Gasteiger partial charge in [-0.3, -0.25) is 5.10 Å². The van der Waals surface area contributed by atoms with Crippen LogP contribution >= 0.6 is 0 Å². The third-order valence-corrected chi connectivity index (χ3v) is 3.10. The molecule has 5 heteroatoms. The van der Waals surface area contributed by atoms with Gasteiger partial charge in [-0.1, -0.05) is 0 Å². The van der Waals surface area contributed by atoms with Crippen LogP contribution < -0.4 is 11.1 Å². The maximum Gasteiger partial charge on any atom is 0.127 e. The summed E-state index contributed by atoms with van der Waals surface area (Å²) < 4.78 is 0. The zero-order valence-electron chi connectivity index (χ0n) is 10.6. The Kier molecular flexibility index (Phi) is 2.79. The molecule has 1 atom stereocenters. The lowest BCUT2D eigenvalue weighted by Gasteiger charge is -2.13. The van der Waals surface area contributed by atoms with Gasteiger partial charge in [-0.05, 0) is 37.3 Å². The van der Waals surface area contributed by atoms with E-state index in [1.165, 1.54) is 0 Å². The van der Waals surface area contributed by atoms with Crippen LogP contribution in [0.3, 0.4) is 0 Å². The van der Waals surface area contributed by atoms with Crippen molar-refractivity contribution >= 4 is 22.4 Å². The van der Waals surface area contributed by atoms with Crippen molar-refractivity contribution in [1.29, 1.82) is 0 Å². The first-order valence-corrected chi connectivity index (χ1v) is 6.14. The van der Waals surface area contributed by atoms with E-state index in [1.807, 2.05) is 36.5 Å². The predicted octanol–water partition coefficient (Wildman–Crippen LogP) is 2.71. The van der Waals surface area contributed by atoms with Crippen LogP contribution in [0.25, 0.3) is 10.9 Å². The van der Waals surface area contributed by atoms with Crippen molar-refractivity contribution in [2.75, 3.05) is 11.1 Å². The van der Waals surface area contributed by atoms with Gasteiger partial charge in [-0.15, -0.1) is 0 Å². The molecule has 0 fully saturated rings. The van der Waals surface area contributed by atoms with Crippen molar-refractivity contribution in [3.8, 4) is 0 Å². The van der Waals surface area contributed by atoms with Gasteiger partial charge in [0.25, 0.3) is 0 Å². The second-order valence-electron chi connectivity index (χ2n) is 4.55. The minimum absolute atomic E-state index is 0.150. The van der Waals surface area contributed by atoms with Crippen LogP contribution in [0.4, 0.5) is 11.5 Å². The zero-order chi connectivity index (χ0) is 13.2. The number of pyridine rings is 1. The Hall–Kier alpha value is -2.56. The number of rotatable bonds is 3. The summed E-state index contributed by atoms with van der Waals surface area (Å²) in [6.07, 6.45) is 3.68. The number of nitrogens with zero attached hydrogens (tertiary/aromatic N) is 2. The number of nitrogens with one attached hydrogen (secondary N) is 2. The molecule has 0 radical (unpaired) electrons. The number of anilines is 2. The van der Waals surface area contributed by atoms with Crippen LogP contribution in [0.2, 0.25) is 0 Å². The third kappa shape index (κ3) is 2.35. The summed E-state index contributed by atoms with van der Waals surface area (Å²) in [7, 11) is 0. The Morgan fingerprint density at radius 1 is 1.26 bits per heavy atom. The number of hydrogen-bond donors (Lipinski definition) is 3. The highest BCUT2D eigenvalue weighted by Crippen LogP contribution is 2.21. The number of aromatic nitrogens is 3. The largest absolute Gasteiger partial charge is 0.399 e. The molecule has 1 aromatic carbocycles. The van der Waals surface area contributed by atoms with Crippen LogP contribution in [0.15, 0.2) is 42.7 Å². The van der Waals surface area contributed by atoms with Gasteiger partial charge < -0.3 is 11.1 Å². The highest BCUT2D eigenvalue weighted by Gasteiger charge is 2.07. The summed E-state index contributed by atoms with van der Waals surface area (Å²) in [6, 6.07) is 9.84. The molecule has 2 aromatic heterocycles.